The van der Waals surface area contributed by atoms with E-state index in [1.54, 1.807) is 0 Å². The maximum Gasteiger partial charge on any atom is 0.252 e. The van der Waals surface area contributed by atoms with E-state index in [2.05, 4.69) is 12.2 Å². The van der Waals surface area contributed by atoms with Gasteiger partial charge in [0.25, 0.3) is 5.91 Å². The number of hydrogen-bond acceptors (Lipinski definition) is 3. The molecule has 3 N–H and O–H groups in total. The zero-order chi connectivity index (χ0) is 11.3. The van der Waals surface area contributed by atoms with Crippen LogP contribution < -0.4 is 11.1 Å². The molecule has 1 heterocycles. The van der Waals surface area contributed by atoms with Crippen LogP contribution in [0.4, 0.5) is 0 Å². The van der Waals surface area contributed by atoms with Gasteiger partial charge in [-0.25, -0.2) is 0 Å². The van der Waals surface area contributed by atoms with Crippen molar-refractivity contribution in [3.05, 3.63) is 0 Å². The highest BCUT2D eigenvalue weighted by Crippen LogP contribution is 2.25. The van der Waals surface area contributed by atoms with Crippen molar-refractivity contribution in [1.82, 2.24) is 5.32 Å². The van der Waals surface area contributed by atoms with Crippen molar-refractivity contribution in [2.45, 2.75) is 51.2 Å². The molecule has 0 spiro atoms. The van der Waals surface area contributed by atoms with Gasteiger partial charge in [0, 0.05) is 19.2 Å². The maximum absolute atomic E-state index is 11.9. The van der Waals surface area contributed by atoms with Crippen LogP contribution in [0.3, 0.4) is 0 Å². The van der Waals surface area contributed by atoms with E-state index in [1.165, 1.54) is 0 Å². The van der Waals surface area contributed by atoms with E-state index in [4.69, 9.17) is 10.5 Å². The molecule has 1 amide bonds. The molecule has 0 aromatic rings. The van der Waals surface area contributed by atoms with Gasteiger partial charge in [-0.1, -0.05) is 13.3 Å². The first-order chi connectivity index (χ1) is 7.12. The van der Waals surface area contributed by atoms with Crippen LogP contribution >= 0.6 is 0 Å². The van der Waals surface area contributed by atoms with Gasteiger partial charge in [0.05, 0.1) is 0 Å². The van der Waals surface area contributed by atoms with Crippen molar-refractivity contribution in [2.24, 2.45) is 5.73 Å². The number of hydrogen-bond donors (Lipinski definition) is 2. The third-order valence-electron chi connectivity index (χ3n) is 2.96. The molecule has 4 nitrogen and oxygen atoms in total. The van der Waals surface area contributed by atoms with Crippen LogP contribution in [0.2, 0.25) is 0 Å². The second-order valence-corrected chi connectivity index (χ2v) is 4.38. The Balaban J connectivity index is 2.45. The van der Waals surface area contributed by atoms with Gasteiger partial charge in [-0.2, -0.15) is 0 Å². The average Bonchev–Trinajstić information content (AvgIpc) is 2.65. The fourth-order valence-electron chi connectivity index (χ4n) is 1.89. The minimum absolute atomic E-state index is 0.0103. The van der Waals surface area contributed by atoms with Gasteiger partial charge < -0.3 is 15.8 Å². The third-order valence-corrected chi connectivity index (χ3v) is 2.96. The number of carbonyl (C=O) groups is 1. The number of nitrogens with one attached hydrogen (secondary N) is 1. The first-order valence-corrected chi connectivity index (χ1v) is 5.77. The lowest BCUT2D eigenvalue weighted by atomic mass is 10.0. The predicted octanol–water partition coefficient (Wildman–Crippen LogP) is 0.799. The SMILES string of the molecule is CCCC(CN)NC(=O)C1(C)CCCO1. The zero-order valence-electron chi connectivity index (χ0n) is 9.71. The van der Waals surface area contributed by atoms with Gasteiger partial charge in [0.1, 0.15) is 5.60 Å². The van der Waals surface area contributed by atoms with Crippen LogP contribution in [0.1, 0.15) is 39.5 Å². The van der Waals surface area contributed by atoms with Crippen LogP contribution in [-0.4, -0.2) is 30.7 Å². The molecule has 2 unspecified atom stereocenters. The Labute approximate surface area is 91.5 Å². The van der Waals surface area contributed by atoms with Gasteiger partial charge in [0.2, 0.25) is 0 Å². The van der Waals surface area contributed by atoms with E-state index in [9.17, 15) is 4.79 Å². The molecule has 1 rings (SSSR count). The average molecular weight is 214 g/mol. The van der Waals surface area contributed by atoms with Crippen LogP contribution in [0, 0.1) is 0 Å². The summed E-state index contributed by atoms with van der Waals surface area (Å²) in [6.07, 6.45) is 3.73. The minimum atomic E-state index is -0.624. The largest absolute Gasteiger partial charge is 0.365 e. The molecule has 4 heteroatoms. The molecule has 0 saturated carbocycles. The highest BCUT2D eigenvalue weighted by Gasteiger charge is 2.38. The van der Waals surface area contributed by atoms with Gasteiger partial charge in [-0.15, -0.1) is 0 Å². The molecule has 88 valence electrons. The summed E-state index contributed by atoms with van der Waals surface area (Å²) >= 11 is 0. The van der Waals surface area contributed by atoms with E-state index >= 15 is 0 Å². The molecule has 0 radical (unpaired) electrons. The standard InChI is InChI=1S/C11H22N2O2/c1-3-5-9(8-12)13-10(14)11(2)6-4-7-15-11/h9H,3-8,12H2,1-2H3,(H,13,14). The summed E-state index contributed by atoms with van der Waals surface area (Å²) < 4.78 is 5.47. The highest BCUT2D eigenvalue weighted by atomic mass is 16.5. The molecule has 1 saturated heterocycles. The number of amides is 1. The van der Waals surface area contributed by atoms with E-state index in [1.807, 2.05) is 6.92 Å². The summed E-state index contributed by atoms with van der Waals surface area (Å²) in [6.45, 7) is 5.12. The molecule has 0 aromatic heterocycles. The Morgan fingerprint density at radius 2 is 2.40 bits per heavy atom. The van der Waals surface area contributed by atoms with Gasteiger partial charge in [-0.3, -0.25) is 4.79 Å². The second-order valence-electron chi connectivity index (χ2n) is 4.38. The van der Waals surface area contributed by atoms with Crippen molar-refractivity contribution >= 4 is 5.91 Å². The Morgan fingerprint density at radius 3 is 2.87 bits per heavy atom. The summed E-state index contributed by atoms with van der Waals surface area (Å²) in [4.78, 5) is 11.9. The number of nitrogens with two attached hydrogens (primary N) is 1. The molecular weight excluding hydrogens is 192 g/mol. The molecule has 1 aliphatic rings. The van der Waals surface area contributed by atoms with E-state index in [0.29, 0.717) is 13.2 Å². The first kappa shape index (κ1) is 12.5. The number of ether oxygens (including phenoxy) is 1. The Bertz CT molecular complexity index is 213. The molecule has 2 atom stereocenters. The van der Waals surface area contributed by atoms with Crippen molar-refractivity contribution in [3.63, 3.8) is 0 Å². The Kier molecular flexibility index (Phi) is 4.54. The number of rotatable bonds is 5. The lowest BCUT2D eigenvalue weighted by Crippen LogP contribution is -2.50. The Hall–Kier alpha value is -0.610. The Morgan fingerprint density at radius 1 is 1.67 bits per heavy atom. The topological polar surface area (TPSA) is 64.3 Å². The summed E-state index contributed by atoms with van der Waals surface area (Å²) in [5.41, 5.74) is 4.97. The van der Waals surface area contributed by atoms with Gasteiger partial charge >= 0.3 is 0 Å². The fraction of sp³-hybridized carbons (Fsp3) is 0.909. The van der Waals surface area contributed by atoms with Crippen molar-refractivity contribution in [2.75, 3.05) is 13.2 Å². The summed E-state index contributed by atoms with van der Waals surface area (Å²) in [5.74, 6) is -0.0103. The van der Waals surface area contributed by atoms with Crippen LogP contribution in [-0.2, 0) is 9.53 Å². The normalized spacial score (nSPS) is 27.7. The monoisotopic (exact) mass is 214 g/mol. The van der Waals surface area contributed by atoms with E-state index in [-0.39, 0.29) is 11.9 Å². The highest BCUT2D eigenvalue weighted by molar-refractivity contribution is 5.85. The lowest BCUT2D eigenvalue weighted by molar-refractivity contribution is -0.140. The quantitative estimate of drug-likeness (QED) is 0.711. The number of carbonyl (C=O) groups excluding carboxylic acids is 1. The zero-order valence-corrected chi connectivity index (χ0v) is 9.71. The predicted molar refractivity (Wildman–Crippen MR) is 59.5 cm³/mol. The first-order valence-electron chi connectivity index (χ1n) is 5.77. The maximum atomic E-state index is 11.9. The van der Waals surface area contributed by atoms with Crippen molar-refractivity contribution in [3.8, 4) is 0 Å². The van der Waals surface area contributed by atoms with Crippen molar-refractivity contribution in [1.29, 1.82) is 0 Å². The summed E-state index contributed by atoms with van der Waals surface area (Å²) in [6, 6.07) is 0.0866. The molecule has 0 bridgehead atoms. The molecular formula is C11H22N2O2. The fourth-order valence-corrected chi connectivity index (χ4v) is 1.89. The summed E-state index contributed by atoms with van der Waals surface area (Å²) in [7, 11) is 0. The third kappa shape index (κ3) is 3.18. The van der Waals surface area contributed by atoms with Gasteiger partial charge in [0.15, 0.2) is 0 Å². The van der Waals surface area contributed by atoms with E-state index < -0.39 is 5.60 Å². The van der Waals surface area contributed by atoms with Crippen LogP contribution in [0.25, 0.3) is 0 Å². The summed E-state index contributed by atoms with van der Waals surface area (Å²) in [5, 5.41) is 2.96. The molecule has 0 aromatic carbocycles. The molecule has 15 heavy (non-hydrogen) atoms. The minimum Gasteiger partial charge on any atom is -0.365 e. The lowest BCUT2D eigenvalue weighted by Gasteiger charge is -2.25. The van der Waals surface area contributed by atoms with Crippen LogP contribution in [0.15, 0.2) is 0 Å². The van der Waals surface area contributed by atoms with Crippen molar-refractivity contribution < 1.29 is 9.53 Å². The van der Waals surface area contributed by atoms with Gasteiger partial charge in [-0.05, 0) is 26.2 Å². The van der Waals surface area contributed by atoms with Crippen LogP contribution in [0.5, 0.6) is 0 Å². The van der Waals surface area contributed by atoms with E-state index in [0.717, 1.165) is 25.7 Å². The molecule has 1 fully saturated rings. The smallest absolute Gasteiger partial charge is 0.252 e. The second kappa shape index (κ2) is 5.47. The molecule has 1 aliphatic heterocycles. The molecule has 0 aliphatic carbocycles.